The molecule has 0 radical (unpaired) electrons. The molecular formula is C28H25ClN2O4. The normalized spacial score (nSPS) is 14.3. The molecule has 4 aromatic rings. The molecule has 1 aliphatic carbocycles. The number of ether oxygens (including phenoxy) is 1. The smallest absolute Gasteiger partial charge is 0.407 e. The van der Waals surface area contributed by atoms with Crippen molar-refractivity contribution in [1.29, 1.82) is 0 Å². The first-order valence-electron chi connectivity index (χ1n) is 11.5. The number of rotatable bonds is 7. The van der Waals surface area contributed by atoms with Crippen LogP contribution in [0.1, 0.15) is 35.1 Å². The number of hydrogen-bond donors (Lipinski definition) is 3. The minimum atomic E-state index is -1.13. The van der Waals surface area contributed by atoms with E-state index in [4.69, 9.17) is 16.3 Å². The summed E-state index contributed by atoms with van der Waals surface area (Å²) in [5.41, 5.74) is 5.86. The van der Waals surface area contributed by atoms with Gasteiger partial charge in [-0.1, -0.05) is 66.2 Å². The van der Waals surface area contributed by atoms with Crippen molar-refractivity contribution < 1.29 is 19.7 Å². The molecule has 1 amide bonds. The number of aromatic nitrogens is 1. The zero-order valence-corrected chi connectivity index (χ0v) is 19.7. The number of hydrogen-bond acceptors (Lipinski definition) is 5. The van der Waals surface area contributed by atoms with E-state index < -0.39 is 18.3 Å². The van der Waals surface area contributed by atoms with E-state index in [2.05, 4.69) is 34.6 Å². The van der Waals surface area contributed by atoms with E-state index in [1.807, 2.05) is 24.3 Å². The fourth-order valence-electron chi connectivity index (χ4n) is 4.67. The number of benzene rings is 3. The molecule has 1 aromatic heterocycles. The molecular weight excluding hydrogens is 464 g/mol. The van der Waals surface area contributed by atoms with Gasteiger partial charge in [0.25, 0.3) is 0 Å². The van der Waals surface area contributed by atoms with Crippen molar-refractivity contribution in [3.63, 3.8) is 0 Å². The van der Waals surface area contributed by atoms with Crippen molar-refractivity contribution in [2.75, 3.05) is 13.2 Å². The first kappa shape index (κ1) is 23.3. The standard InChI is InChI=1S/C28H25ClN2O4/c29-24-11-13-30-25-10-9-17(15-22(24)25)27(33)26(32)12-14-31-28(34)35-16-23-20-7-3-1-5-18(20)19-6-2-4-8-21(19)23/h1-11,13,15,23,26-27,32-33H,12,14,16H2,(H,31,34). The molecule has 35 heavy (non-hydrogen) atoms. The van der Waals surface area contributed by atoms with Gasteiger partial charge >= 0.3 is 6.09 Å². The van der Waals surface area contributed by atoms with Crippen LogP contribution in [0.15, 0.2) is 79.0 Å². The predicted octanol–water partition coefficient (Wildman–Crippen LogP) is 5.21. The second-order valence-corrected chi connectivity index (χ2v) is 9.03. The number of pyridine rings is 1. The molecule has 1 heterocycles. The maximum Gasteiger partial charge on any atom is 0.407 e. The maximum atomic E-state index is 12.3. The van der Waals surface area contributed by atoms with Crippen LogP contribution in [0.25, 0.3) is 22.0 Å². The lowest BCUT2D eigenvalue weighted by Crippen LogP contribution is -2.30. The zero-order chi connectivity index (χ0) is 24.4. The van der Waals surface area contributed by atoms with E-state index in [1.165, 1.54) is 11.1 Å². The number of nitrogens with one attached hydrogen (secondary N) is 1. The predicted molar refractivity (Wildman–Crippen MR) is 135 cm³/mol. The minimum absolute atomic E-state index is 0.0187. The number of aliphatic hydroxyl groups excluding tert-OH is 2. The fourth-order valence-corrected chi connectivity index (χ4v) is 4.87. The Kier molecular flexibility index (Phi) is 6.68. The van der Waals surface area contributed by atoms with Gasteiger partial charge < -0.3 is 20.3 Å². The third-order valence-electron chi connectivity index (χ3n) is 6.47. The van der Waals surface area contributed by atoms with Crippen molar-refractivity contribution >= 4 is 28.6 Å². The van der Waals surface area contributed by atoms with E-state index in [-0.39, 0.29) is 25.5 Å². The van der Waals surface area contributed by atoms with Crippen LogP contribution in [0, 0.1) is 0 Å². The monoisotopic (exact) mass is 488 g/mol. The molecule has 7 heteroatoms. The second kappa shape index (κ2) is 10.0. The van der Waals surface area contributed by atoms with Crippen molar-refractivity contribution in [3.05, 3.63) is 101 Å². The fraction of sp³-hybridized carbons (Fsp3) is 0.214. The van der Waals surface area contributed by atoms with Crippen LogP contribution in [0.4, 0.5) is 4.79 Å². The summed E-state index contributed by atoms with van der Waals surface area (Å²) in [4.78, 5) is 16.6. The van der Waals surface area contributed by atoms with E-state index in [9.17, 15) is 15.0 Å². The van der Waals surface area contributed by atoms with Crippen LogP contribution < -0.4 is 5.32 Å². The number of amides is 1. The van der Waals surface area contributed by atoms with Crippen LogP contribution in [0.3, 0.4) is 0 Å². The molecule has 2 unspecified atom stereocenters. The van der Waals surface area contributed by atoms with E-state index in [0.29, 0.717) is 21.5 Å². The van der Waals surface area contributed by atoms with E-state index in [1.54, 1.807) is 30.5 Å². The van der Waals surface area contributed by atoms with Gasteiger partial charge in [0.15, 0.2) is 0 Å². The molecule has 0 saturated carbocycles. The van der Waals surface area contributed by atoms with Crippen molar-refractivity contribution in [2.24, 2.45) is 0 Å². The highest BCUT2D eigenvalue weighted by Gasteiger charge is 2.29. The van der Waals surface area contributed by atoms with Gasteiger partial charge in [0.2, 0.25) is 0 Å². The number of nitrogens with zero attached hydrogens (tertiary/aromatic N) is 1. The number of alkyl carbamates (subject to hydrolysis) is 1. The number of halogens is 1. The average molecular weight is 489 g/mol. The molecule has 1 aliphatic rings. The number of aliphatic hydroxyl groups is 2. The molecule has 6 nitrogen and oxygen atoms in total. The summed E-state index contributed by atoms with van der Waals surface area (Å²) in [6.07, 6.45) is -0.983. The molecule has 0 aliphatic heterocycles. The van der Waals surface area contributed by atoms with Crippen molar-refractivity contribution in [2.45, 2.75) is 24.5 Å². The molecule has 5 rings (SSSR count). The third kappa shape index (κ3) is 4.73. The highest BCUT2D eigenvalue weighted by atomic mass is 35.5. The van der Waals surface area contributed by atoms with Crippen LogP contribution >= 0.6 is 11.6 Å². The highest BCUT2D eigenvalue weighted by Crippen LogP contribution is 2.44. The first-order valence-corrected chi connectivity index (χ1v) is 11.9. The largest absolute Gasteiger partial charge is 0.449 e. The van der Waals surface area contributed by atoms with Gasteiger partial charge in [0, 0.05) is 24.0 Å². The SMILES string of the molecule is O=C(NCCC(O)C(O)c1ccc2nccc(Cl)c2c1)OCC1c2ccccc2-c2ccccc21. The first-order chi connectivity index (χ1) is 17.0. The van der Waals surface area contributed by atoms with E-state index >= 15 is 0 Å². The second-order valence-electron chi connectivity index (χ2n) is 8.62. The van der Waals surface area contributed by atoms with Gasteiger partial charge in [-0.3, -0.25) is 4.98 Å². The lowest BCUT2D eigenvalue weighted by molar-refractivity contribution is 0.0137. The Morgan fingerprint density at radius 3 is 2.40 bits per heavy atom. The third-order valence-corrected chi connectivity index (χ3v) is 6.80. The quantitative estimate of drug-likeness (QED) is 0.332. The summed E-state index contributed by atoms with van der Waals surface area (Å²) in [7, 11) is 0. The molecule has 0 saturated heterocycles. The van der Waals surface area contributed by atoms with Gasteiger partial charge in [-0.2, -0.15) is 0 Å². The van der Waals surface area contributed by atoms with Crippen molar-refractivity contribution in [1.82, 2.24) is 10.3 Å². The topological polar surface area (TPSA) is 91.7 Å². The lowest BCUT2D eigenvalue weighted by Gasteiger charge is -2.19. The van der Waals surface area contributed by atoms with Crippen LogP contribution in [0.5, 0.6) is 0 Å². The Bertz CT molecular complexity index is 1330. The summed E-state index contributed by atoms with van der Waals surface area (Å²) in [5, 5.41) is 24.9. The highest BCUT2D eigenvalue weighted by molar-refractivity contribution is 6.35. The molecule has 3 N–H and O–H groups in total. The number of carbonyl (C=O) groups is 1. The van der Waals surface area contributed by atoms with Gasteiger partial charge in [-0.05, 0) is 52.4 Å². The Balaban J connectivity index is 1.14. The summed E-state index contributed by atoms with van der Waals surface area (Å²) in [6.45, 7) is 0.377. The van der Waals surface area contributed by atoms with Gasteiger partial charge in [0.1, 0.15) is 12.7 Å². The summed E-state index contributed by atoms with van der Waals surface area (Å²) in [6, 6.07) is 23.1. The Labute approximate surface area is 208 Å². The molecule has 178 valence electrons. The van der Waals surface area contributed by atoms with Gasteiger partial charge in [-0.25, -0.2) is 4.79 Å². The zero-order valence-electron chi connectivity index (χ0n) is 18.9. The lowest BCUT2D eigenvalue weighted by atomic mass is 9.98. The summed E-state index contributed by atoms with van der Waals surface area (Å²) < 4.78 is 5.51. The van der Waals surface area contributed by atoms with Gasteiger partial charge in [0.05, 0.1) is 16.6 Å². The average Bonchev–Trinajstić information content (AvgIpc) is 3.21. The van der Waals surface area contributed by atoms with Crippen LogP contribution in [0.2, 0.25) is 5.02 Å². The summed E-state index contributed by atoms with van der Waals surface area (Å²) >= 11 is 6.22. The molecule has 0 bridgehead atoms. The molecule has 3 aromatic carbocycles. The molecule has 0 fully saturated rings. The molecule has 0 spiro atoms. The Morgan fingerprint density at radius 1 is 1.00 bits per heavy atom. The van der Waals surface area contributed by atoms with Crippen LogP contribution in [-0.4, -0.2) is 40.5 Å². The minimum Gasteiger partial charge on any atom is -0.449 e. The summed E-state index contributed by atoms with van der Waals surface area (Å²) in [5.74, 6) is -0.0187. The maximum absolute atomic E-state index is 12.3. The van der Waals surface area contributed by atoms with Crippen molar-refractivity contribution in [3.8, 4) is 11.1 Å². The number of fused-ring (bicyclic) bond motifs is 4. The Hall–Kier alpha value is -3.45. The van der Waals surface area contributed by atoms with Gasteiger partial charge in [-0.15, -0.1) is 0 Å². The van der Waals surface area contributed by atoms with Crippen LogP contribution in [-0.2, 0) is 4.74 Å². The Morgan fingerprint density at radius 2 is 1.69 bits per heavy atom. The van der Waals surface area contributed by atoms with E-state index in [0.717, 1.165) is 11.1 Å². The number of carbonyl (C=O) groups excluding carboxylic acids is 1. The molecule has 2 atom stereocenters.